The summed E-state index contributed by atoms with van der Waals surface area (Å²) in [7, 11) is 2.96. The zero-order valence-corrected chi connectivity index (χ0v) is 20.5. The number of fused-ring (bicyclic) bond motifs is 1. The Hall–Kier alpha value is -3.89. The summed E-state index contributed by atoms with van der Waals surface area (Å²) in [6.07, 6.45) is -3.58. The molecule has 1 saturated heterocycles. The predicted octanol–water partition coefficient (Wildman–Crippen LogP) is 4.52. The van der Waals surface area contributed by atoms with Crippen LogP contribution in [0.25, 0.3) is 0 Å². The lowest BCUT2D eigenvalue weighted by atomic mass is 9.96. The summed E-state index contributed by atoms with van der Waals surface area (Å²) < 4.78 is 53.8. The number of amides is 1. The van der Waals surface area contributed by atoms with Crippen molar-refractivity contribution in [3.63, 3.8) is 0 Å². The Kier molecular flexibility index (Phi) is 6.61. The molecule has 2 aliphatic rings. The molecule has 0 spiro atoms. The highest BCUT2D eigenvalue weighted by Gasteiger charge is 2.47. The molecule has 196 valence electrons. The van der Waals surface area contributed by atoms with E-state index in [9.17, 15) is 18.0 Å². The fourth-order valence-corrected chi connectivity index (χ4v) is 4.98. The summed E-state index contributed by atoms with van der Waals surface area (Å²) in [5.41, 5.74) is 1.80. The van der Waals surface area contributed by atoms with Crippen molar-refractivity contribution < 1.29 is 27.4 Å². The van der Waals surface area contributed by atoms with Crippen molar-refractivity contribution in [1.29, 1.82) is 0 Å². The summed E-state index contributed by atoms with van der Waals surface area (Å²) in [6.45, 7) is 2.18. The average Bonchev–Trinajstić information content (AvgIpc) is 3.35. The first-order valence-corrected chi connectivity index (χ1v) is 12.0. The van der Waals surface area contributed by atoms with E-state index in [0.29, 0.717) is 43.2 Å². The minimum atomic E-state index is -4.54. The van der Waals surface area contributed by atoms with Gasteiger partial charge < -0.3 is 24.6 Å². The van der Waals surface area contributed by atoms with Gasteiger partial charge in [0.25, 0.3) is 5.91 Å². The van der Waals surface area contributed by atoms with E-state index in [1.54, 1.807) is 23.1 Å². The molecule has 1 amide bonds. The number of carbonyl (C=O) groups excluding carboxylic acids is 1. The number of halogens is 3. The van der Waals surface area contributed by atoms with Gasteiger partial charge in [0.1, 0.15) is 11.4 Å². The van der Waals surface area contributed by atoms with E-state index >= 15 is 0 Å². The number of piperazine rings is 1. The number of benzene rings is 2. The monoisotopic (exact) mass is 515 g/mol. The van der Waals surface area contributed by atoms with Crippen molar-refractivity contribution in [3.05, 3.63) is 65.9 Å². The van der Waals surface area contributed by atoms with Crippen LogP contribution in [0.1, 0.15) is 34.4 Å². The van der Waals surface area contributed by atoms with Crippen molar-refractivity contribution in [2.24, 2.45) is 0 Å². The number of hydrogen-bond acceptors (Lipinski definition) is 6. The van der Waals surface area contributed by atoms with Crippen molar-refractivity contribution in [2.75, 3.05) is 50.6 Å². The van der Waals surface area contributed by atoms with Crippen molar-refractivity contribution in [3.8, 4) is 11.5 Å². The minimum Gasteiger partial charge on any atom is -0.493 e. The van der Waals surface area contributed by atoms with E-state index < -0.39 is 18.3 Å². The molecule has 1 N–H and O–H groups in total. The van der Waals surface area contributed by atoms with Crippen LogP contribution < -0.4 is 19.7 Å². The second-order valence-corrected chi connectivity index (χ2v) is 9.07. The Morgan fingerprint density at radius 2 is 1.70 bits per heavy atom. The number of para-hydroxylation sites is 1. The summed E-state index contributed by atoms with van der Waals surface area (Å²) in [5, 5.41) is 7.16. The summed E-state index contributed by atoms with van der Waals surface area (Å²) in [4.78, 5) is 17.3. The number of rotatable bonds is 5. The number of hydrogen-bond donors (Lipinski definition) is 1. The van der Waals surface area contributed by atoms with Crippen LogP contribution in [-0.4, -0.2) is 67.2 Å². The molecule has 0 saturated carbocycles. The first kappa shape index (κ1) is 24.8. The van der Waals surface area contributed by atoms with Gasteiger partial charge in [-0.1, -0.05) is 24.3 Å². The maximum absolute atomic E-state index is 14.1. The fraction of sp³-hybridized carbons (Fsp3) is 0.385. The first-order valence-electron chi connectivity index (χ1n) is 12.0. The van der Waals surface area contributed by atoms with Crippen LogP contribution in [-0.2, 0) is 0 Å². The molecular weight excluding hydrogens is 487 g/mol. The van der Waals surface area contributed by atoms with Gasteiger partial charge in [-0.15, -0.1) is 0 Å². The molecule has 1 fully saturated rings. The van der Waals surface area contributed by atoms with E-state index in [1.807, 2.05) is 30.3 Å². The highest BCUT2D eigenvalue weighted by molar-refractivity contribution is 5.99. The zero-order valence-electron chi connectivity index (χ0n) is 20.5. The SMILES string of the molecule is COc1ccc(C2CC(C(F)(F)F)n3ncc(C(=O)N4CCN(c5ccccc5)CC4)c3N2)cc1OC. The van der Waals surface area contributed by atoms with Gasteiger partial charge in [-0.25, -0.2) is 4.68 Å². The largest absolute Gasteiger partial charge is 0.493 e. The lowest BCUT2D eigenvalue weighted by molar-refractivity contribution is -0.173. The Morgan fingerprint density at radius 3 is 2.35 bits per heavy atom. The Labute approximate surface area is 212 Å². The highest BCUT2D eigenvalue weighted by atomic mass is 19.4. The standard InChI is InChI=1S/C26H28F3N5O3/c1-36-21-9-8-17(14-22(21)37-2)20-15-23(26(27,28)29)34-24(31-20)19(16-30-34)25(35)33-12-10-32(11-13-33)18-6-4-3-5-7-18/h3-9,14,16,20,23,31H,10-13,15H2,1-2H3. The molecule has 0 bridgehead atoms. The third-order valence-electron chi connectivity index (χ3n) is 6.97. The van der Waals surface area contributed by atoms with Gasteiger partial charge in [0.2, 0.25) is 0 Å². The highest BCUT2D eigenvalue weighted by Crippen LogP contribution is 2.45. The van der Waals surface area contributed by atoms with Gasteiger partial charge in [-0.2, -0.15) is 18.3 Å². The Morgan fingerprint density at radius 1 is 1.00 bits per heavy atom. The normalized spacial score (nSPS) is 19.7. The van der Waals surface area contributed by atoms with Gasteiger partial charge in [0, 0.05) is 38.3 Å². The summed E-state index contributed by atoms with van der Waals surface area (Å²) in [5.74, 6) is 0.626. The predicted molar refractivity (Wildman–Crippen MR) is 132 cm³/mol. The molecule has 0 aliphatic carbocycles. The molecule has 2 aliphatic heterocycles. The third kappa shape index (κ3) is 4.77. The third-order valence-corrected chi connectivity index (χ3v) is 6.97. The van der Waals surface area contributed by atoms with E-state index in [1.165, 1.54) is 20.4 Å². The zero-order chi connectivity index (χ0) is 26.2. The molecular formula is C26H28F3N5O3. The van der Waals surface area contributed by atoms with Gasteiger partial charge in [-0.05, 0) is 29.8 Å². The second-order valence-electron chi connectivity index (χ2n) is 9.07. The molecule has 8 nitrogen and oxygen atoms in total. The molecule has 3 aromatic rings. The lowest BCUT2D eigenvalue weighted by Gasteiger charge is -2.37. The first-order chi connectivity index (χ1) is 17.8. The van der Waals surface area contributed by atoms with Crippen LogP contribution in [0.2, 0.25) is 0 Å². The minimum absolute atomic E-state index is 0.0730. The fourth-order valence-electron chi connectivity index (χ4n) is 4.98. The van der Waals surface area contributed by atoms with Crippen LogP contribution in [0.15, 0.2) is 54.7 Å². The molecule has 1 aromatic heterocycles. The summed E-state index contributed by atoms with van der Waals surface area (Å²) in [6, 6.07) is 12.3. The maximum atomic E-state index is 14.1. The lowest BCUT2D eigenvalue weighted by Crippen LogP contribution is -2.49. The molecule has 2 unspecified atom stereocenters. The molecule has 0 radical (unpaired) electrons. The van der Waals surface area contributed by atoms with Crippen molar-refractivity contribution >= 4 is 17.4 Å². The Balaban J connectivity index is 1.40. The van der Waals surface area contributed by atoms with E-state index in [2.05, 4.69) is 15.3 Å². The smallest absolute Gasteiger partial charge is 0.410 e. The number of nitrogens with zero attached hydrogens (tertiary/aromatic N) is 4. The second kappa shape index (κ2) is 9.87. The molecule has 3 heterocycles. The number of anilines is 2. The van der Waals surface area contributed by atoms with E-state index in [4.69, 9.17) is 9.47 Å². The number of aromatic nitrogens is 2. The van der Waals surface area contributed by atoms with Crippen LogP contribution >= 0.6 is 0 Å². The van der Waals surface area contributed by atoms with Crippen LogP contribution in [0.3, 0.4) is 0 Å². The van der Waals surface area contributed by atoms with Gasteiger partial charge in [0.15, 0.2) is 17.5 Å². The number of ether oxygens (including phenoxy) is 2. The van der Waals surface area contributed by atoms with E-state index in [-0.39, 0.29) is 23.7 Å². The van der Waals surface area contributed by atoms with Crippen LogP contribution in [0.4, 0.5) is 24.7 Å². The molecule has 11 heteroatoms. The molecule has 2 atom stereocenters. The number of alkyl halides is 3. The van der Waals surface area contributed by atoms with Crippen LogP contribution in [0, 0.1) is 0 Å². The molecule has 5 rings (SSSR count). The van der Waals surface area contributed by atoms with E-state index in [0.717, 1.165) is 10.4 Å². The van der Waals surface area contributed by atoms with Crippen LogP contribution in [0.5, 0.6) is 11.5 Å². The number of nitrogens with one attached hydrogen (secondary N) is 1. The average molecular weight is 516 g/mol. The number of methoxy groups -OCH3 is 2. The van der Waals surface area contributed by atoms with Gasteiger partial charge >= 0.3 is 6.18 Å². The molecule has 2 aromatic carbocycles. The summed E-state index contributed by atoms with van der Waals surface area (Å²) >= 11 is 0. The quantitative estimate of drug-likeness (QED) is 0.539. The maximum Gasteiger partial charge on any atom is 0.410 e. The van der Waals surface area contributed by atoms with Gasteiger partial charge in [0.05, 0.1) is 26.5 Å². The van der Waals surface area contributed by atoms with Crippen molar-refractivity contribution in [1.82, 2.24) is 14.7 Å². The topological polar surface area (TPSA) is 71.9 Å². The van der Waals surface area contributed by atoms with Crippen molar-refractivity contribution in [2.45, 2.75) is 24.7 Å². The Bertz CT molecular complexity index is 1260. The van der Waals surface area contributed by atoms with Gasteiger partial charge in [-0.3, -0.25) is 4.79 Å². The molecule has 37 heavy (non-hydrogen) atoms. The number of carbonyl (C=O) groups is 1.